The number of nitrogens with zero attached hydrogens (tertiary/aromatic N) is 2. The van der Waals surface area contributed by atoms with E-state index in [0.29, 0.717) is 23.4 Å². The van der Waals surface area contributed by atoms with Gasteiger partial charge >= 0.3 is 5.97 Å². The molecule has 1 heterocycles. The molecule has 0 aliphatic rings. The van der Waals surface area contributed by atoms with E-state index < -0.39 is 0 Å². The Kier molecular flexibility index (Phi) is 4.29. The van der Waals surface area contributed by atoms with Crippen LogP contribution in [0, 0.1) is 0 Å². The van der Waals surface area contributed by atoms with Gasteiger partial charge in [0.15, 0.2) is 0 Å². The van der Waals surface area contributed by atoms with Gasteiger partial charge in [0.25, 0.3) is 5.91 Å². The second-order valence-electron chi connectivity index (χ2n) is 4.71. The fraction of sp³-hybridized carbons (Fsp3) is 0.125. The molecule has 0 saturated heterocycles. The molecular weight excluding hydrogens is 314 g/mol. The standard InChI is InChI=1S/C16H13N3O3S/c1-2-22-16(21)10-3-6-12(7-4-10)17-15(20)11-5-8-13-14(9-11)23-19-18-13/h3-9H,2H2,1H3,(H,17,20). The van der Waals surface area contributed by atoms with Crippen molar-refractivity contribution in [3.05, 3.63) is 53.6 Å². The number of rotatable bonds is 4. The molecule has 0 aliphatic heterocycles. The Morgan fingerprint density at radius 1 is 1.13 bits per heavy atom. The van der Waals surface area contributed by atoms with Crippen molar-refractivity contribution in [3.63, 3.8) is 0 Å². The number of hydrogen-bond donors (Lipinski definition) is 1. The molecule has 6 nitrogen and oxygen atoms in total. The van der Waals surface area contributed by atoms with Crippen LogP contribution in [0.1, 0.15) is 27.6 Å². The molecule has 0 unspecified atom stereocenters. The summed E-state index contributed by atoms with van der Waals surface area (Å²) in [4.78, 5) is 23.8. The Morgan fingerprint density at radius 3 is 2.61 bits per heavy atom. The van der Waals surface area contributed by atoms with Gasteiger partial charge in [-0.05, 0) is 60.9 Å². The Hall–Kier alpha value is -2.80. The average Bonchev–Trinajstić information content (AvgIpc) is 3.03. The maximum Gasteiger partial charge on any atom is 0.338 e. The number of hydrogen-bond acceptors (Lipinski definition) is 6. The van der Waals surface area contributed by atoms with Crippen molar-refractivity contribution in [1.82, 2.24) is 9.59 Å². The van der Waals surface area contributed by atoms with Gasteiger partial charge in [0.05, 0.1) is 16.9 Å². The van der Waals surface area contributed by atoms with Gasteiger partial charge in [0.1, 0.15) is 5.52 Å². The Balaban J connectivity index is 1.73. The van der Waals surface area contributed by atoms with Crippen molar-refractivity contribution in [2.75, 3.05) is 11.9 Å². The Bertz CT molecular complexity index is 858. The van der Waals surface area contributed by atoms with Crippen molar-refractivity contribution in [3.8, 4) is 0 Å². The van der Waals surface area contributed by atoms with E-state index >= 15 is 0 Å². The number of esters is 1. The van der Waals surface area contributed by atoms with Crippen LogP contribution in [0.4, 0.5) is 5.69 Å². The molecule has 3 rings (SSSR count). The molecule has 0 fully saturated rings. The van der Waals surface area contributed by atoms with Gasteiger partial charge in [0.2, 0.25) is 0 Å². The highest BCUT2D eigenvalue weighted by atomic mass is 32.1. The minimum atomic E-state index is -0.381. The smallest absolute Gasteiger partial charge is 0.338 e. The lowest BCUT2D eigenvalue weighted by Gasteiger charge is -2.06. The first-order chi connectivity index (χ1) is 11.2. The van der Waals surface area contributed by atoms with Crippen LogP contribution < -0.4 is 5.32 Å². The lowest BCUT2D eigenvalue weighted by atomic mass is 10.1. The third-order valence-corrected chi connectivity index (χ3v) is 3.85. The Morgan fingerprint density at radius 2 is 1.87 bits per heavy atom. The van der Waals surface area contributed by atoms with E-state index in [0.717, 1.165) is 10.2 Å². The van der Waals surface area contributed by atoms with Crippen molar-refractivity contribution < 1.29 is 14.3 Å². The lowest BCUT2D eigenvalue weighted by molar-refractivity contribution is 0.0526. The number of benzene rings is 2. The highest BCUT2D eigenvalue weighted by molar-refractivity contribution is 7.12. The summed E-state index contributed by atoms with van der Waals surface area (Å²) in [5.41, 5.74) is 2.34. The molecule has 1 aromatic heterocycles. The molecule has 1 N–H and O–H groups in total. The SMILES string of the molecule is CCOC(=O)c1ccc(NC(=O)c2ccc3nnsc3c2)cc1. The Labute approximate surface area is 136 Å². The molecular formula is C16H13N3O3S. The summed E-state index contributed by atoms with van der Waals surface area (Å²) in [6.07, 6.45) is 0. The second kappa shape index (κ2) is 6.53. The molecule has 2 aromatic carbocycles. The highest BCUT2D eigenvalue weighted by Gasteiger charge is 2.10. The first-order valence-electron chi connectivity index (χ1n) is 6.98. The maximum atomic E-state index is 12.3. The molecule has 116 valence electrons. The largest absolute Gasteiger partial charge is 0.462 e. The summed E-state index contributed by atoms with van der Waals surface area (Å²) in [6.45, 7) is 2.08. The van der Waals surface area contributed by atoms with E-state index in [2.05, 4.69) is 14.9 Å². The molecule has 3 aromatic rings. The van der Waals surface area contributed by atoms with E-state index in [1.807, 2.05) is 0 Å². The van der Waals surface area contributed by atoms with E-state index in [1.54, 1.807) is 49.4 Å². The van der Waals surface area contributed by atoms with Gasteiger partial charge in [-0.15, -0.1) is 5.10 Å². The molecule has 1 amide bonds. The van der Waals surface area contributed by atoms with Crippen molar-refractivity contribution in [1.29, 1.82) is 0 Å². The number of carbonyl (C=O) groups excluding carboxylic acids is 2. The summed E-state index contributed by atoms with van der Waals surface area (Å²) in [5, 5.41) is 6.72. The molecule has 23 heavy (non-hydrogen) atoms. The van der Waals surface area contributed by atoms with Crippen LogP contribution in [0.5, 0.6) is 0 Å². The summed E-state index contributed by atoms with van der Waals surface area (Å²) in [5.74, 6) is -0.613. The summed E-state index contributed by atoms with van der Waals surface area (Å²) in [7, 11) is 0. The fourth-order valence-corrected chi connectivity index (χ4v) is 2.63. The minimum Gasteiger partial charge on any atom is -0.462 e. The van der Waals surface area contributed by atoms with Crippen LogP contribution in [0.3, 0.4) is 0 Å². The second-order valence-corrected chi connectivity index (χ2v) is 5.49. The topological polar surface area (TPSA) is 81.2 Å². The first kappa shape index (κ1) is 15.1. The van der Waals surface area contributed by atoms with E-state index in [4.69, 9.17) is 4.74 Å². The van der Waals surface area contributed by atoms with Crippen LogP contribution >= 0.6 is 11.5 Å². The fourth-order valence-electron chi connectivity index (χ4n) is 2.03. The summed E-state index contributed by atoms with van der Waals surface area (Å²) >= 11 is 1.24. The summed E-state index contributed by atoms with van der Waals surface area (Å²) in [6, 6.07) is 11.8. The third-order valence-electron chi connectivity index (χ3n) is 3.16. The third kappa shape index (κ3) is 3.35. The molecule has 0 radical (unpaired) electrons. The normalized spacial score (nSPS) is 10.5. The van der Waals surface area contributed by atoms with Gasteiger partial charge in [-0.25, -0.2) is 4.79 Å². The van der Waals surface area contributed by atoms with Gasteiger partial charge in [-0.3, -0.25) is 4.79 Å². The maximum absolute atomic E-state index is 12.3. The van der Waals surface area contributed by atoms with Crippen LogP contribution in [-0.4, -0.2) is 28.1 Å². The summed E-state index contributed by atoms with van der Waals surface area (Å²) < 4.78 is 9.61. The number of nitrogens with one attached hydrogen (secondary N) is 1. The molecule has 0 bridgehead atoms. The monoisotopic (exact) mass is 327 g/mol. The van der Waals surface area contributed by atoms with Crippen molar-refractivity contribution in [2.45, 2.75) is 6.92 Å². The number of aromatic nitrogens is 2. The minimum absolute atomic E-state index is 0.232. The number of anilines is 1. The molecule has 0 atom stereocenters. The van der Waals surface area contributed by atoms with Crippen LogP contribution in [-0.2, 0) is 4.74 Å². The average molecular weight is 327 g/mol. The molecule has 0 spiro atoms. The zero-order valence-corrected chi connectivity index (χ0v) is 13.1. The number of amides is 1. The van der Waals surface area contributed by atoms with Gasteiger partial charge < -0.3 is 10.1 Å². The lowest BCUT2D eigenvalue weighted by Crippen LogP contribution is -2.12. The molecule has 7 heteroatoms. The van der Waals surface area contributed by atoms with Crippen LogP contribution in [0.25, 0.3) is 10.2 Å². The van der Waals surface area contributed by atoms with Crippen LogP contribution in [0.15, 0.2) is 42.5 Å². The molecule has 0 saturated carbocycles. The zero-order chi connectivity index (χ0) is 16.2. The van der Waals surface area contributed by atoms with Gasteiger partial charge in [-0.2, -0.15) is 0 Å². The van der Waals surface area contributed by atoms with Crippen molar-refractivity contribution >= 4 is 39.3 Å². The van der Waals surface area contributed by atoms with E-state index in [-0.39, 0.29) is 11.9 Å². The number of fused-ring (bicyclic) bond motifs is 1. The van der Waals surface area contributed by atoms with Gasteiger partial charge in [0, 0.05) is 11.3 Å². The predicted octanol–water partition coefficient (Wildman–Crippen LogP) is 3.12. The molecule has 0 aliphatic carbocycles. The number of carbonyl (C=O) groups is 2. The van der Waals surface area contributed by atoms with E-state index in [9.17, 15) is 9.59 Å². The van der Waals surface area contributed by atoms with Gasteiger partial charge in [-0.1, -0.05) is 4.49 Å². The number of ether oxygens (including phenoxy) is 1. The quantitative estimate of drug-likeness (QED) is 0.745. The zero-order valence-electron chi connectivity index (χ0n) is 12.3. The predicted molar refractivity (Wildman–Crippen MR) is 87.8 cm³/mol. The van der Waals surface area contributed by atoms with E-state index in [1.165, 1.54) is 11.5 Å². The van der Waals surface area contributed by atoms with Crippen LogP contribution in [0.2, 0.25) is 0 Å². The first-order valence-corrected chi connectivity index (χ1v) is 7.75. The van der Waals surface area contributed by atoms with Crippen molar-refractivity contribution in [2.24, 2.45) is 0 Å². The highest BCUT2D eigenvalue weighted by Crippen LogP contribution is 2.18.